The van der Waals surface area contributed by atoms with E-state index in [4.69, 9.17) is 16.3 Å². The van der Waals surface area contributed by atoms with Crippen LogP contribution in [-0.4, -0.2) is 49.6 Å². The van der Waals surface area contributed by atoms with Crippen molar-refractivity contribution in [3.05, 3.63) is 88.9 Å². The number of phenolic OH excluding ortho intramolecular Hbond substituents is 1. The maximum absolute atomic E-state index is 13.3. The number of benzene rings is 3. The van der Waals surface area contributed by atoms with E-state index in [1.807, 2.05) is 30.3 Å². The number of nitrogens with one attached hydrogen (secondary N) is 1. The molecular formula is C25H26ClN3O5S. The molecule has 3 aromatic carbocycles. The van der Waals surface area contributed by atoms with Crippen molar-refractivity contribution in [3.63, 3.8) is 0 Å². The molecule has 0 aromatic heterocycles. The Morgan fingerprint density at radius 3 is 2.51 bits per heavy atom. The smallest absolute Gasteiger partial charge is 0.255 e. The summed E-state index contributed by atoms with van der Waals surface area (Å²) < 4.78 is 32.9. The van der Waals surface area contributed by atoms with Crippen molar-refractivity contribution in [1.29, 1.82) is 0 Å². The van der Waals surface area contributed by atoms with Crippen molar-refractivity contribution in [2.45, 2.75) is 18.2 Å². The van der Waals surface area contributed by atoms with E-state index >= 15 is 0 Å². The number of carbonyl (C=O) groups excluding carboxylic acids is 1. The van der Waals surface area contributed by atoms with Crippen molar-refractivity contribution >= 4 is 33.7 Å². The summed E-state index contributed by atoms with van der Waals surface area (Å²) in [5, 5.41) is 14.1. The molecule has 3 aromatic rings. The number of hydrogen-bond donors (Lipinski definition) is 2. The van der Waals surface area contributed by atoms with Crippen molar-refractivity contribution in [2.24, 2.45) is 5.10 Å². The van der Waals surface area contributed by atoms with Crippen molar-refractivity contribution in [2.75, 3.05) is 19.7 Å². The number of hydrogen-bond acceptors (Lipinski definition) is 6. The Morgan fingerprint density at radius 1 is 1.11 bits per heavy atom. The van der Waals surface area contributed by atoms with E-state index < -0.39 is 22.5 Å². The molecule has 0 bridgehead atoms. The third-order valence-electron chi connectivity index (χ3n) is 4.95. The number of sulfonamides is 1. The summed E-state index contributed by atoms with van der Waals surface area (Å²) in [6, 6.07) is 19.8. The zero-order chi connectivity index (χ0) is 25.3. The molecule has 0 radical (unpaired) electrons. The average Bonchev–Trinajstić information content (AvgIpc) is 2.84. The van der Waals surface area contributed by atoms with Crippen molar-refractivity contribution < 1.29 is 23.1 Å². The molecule has 0 spiro atoms. The van der Waals surface area contributed by atoms with E-state index in [2.05, 4.69) is 10.5 Å². The number of phenols is 1. The van der Waals surface area contributed by atoms with Gasteiger partial charge in [0.25, 0.3) is 5.91 Å². The van der Waals surface area contributed by atoms with Gasteiger partial charge < -0.3 is 9.84 Å². The lowest BCUT2D eigenvalue weighted by Crippen LogP contribution is -2.40. The number of rotatable bonds is 11. The van der Waals surface area contributed by atoms with Crippen LogP contribution >= 0.6 is 11.6 Å². The first kappa shape index (κ1) is 26.2. The standard InChI is InChI=1S/C25H26ClN3O5S/c1-2-34-24-16-20(8-13-23(24)30)17-27-28-25(31)18-29(15-14-19-6-4-3-5-7-19)35(32,33)22-11-9-21(26)10-12-22/h3-13,16-17,30H,2,14-15,18H2,1H3,(H,28,31). The van der Waals surface area contributed by atoms with E-state index in [0.29, 0.717) is 29.4 Å². The predicted octanol–water partition coefficient (Wildman–Crippen LogP) is 3.83. The quantitative estimate of drug-likeness (QED) is 0.298. The van der Waals surface area contributed by atoms with E-state index in [0.717, 1.165) is 9.87 Å². The van der Waals surface area contributed by atoms with Crippen LogP contribution < -0.4 is 10.2 Å². The van der Waals surface area contributed by atoms with Gasteiger partial charge in [0, 0.05) is 11.6 Å². The van der Waals surface area contributed by atoms with Crippen LogP contribution in [0, 0.1) is 0 Å². The lowest BCUT2D eigenvalue weighted by atomic mass is 10.1. The average molecular weight is 516 g/mol. The van der Waals surface area contributed by atoms with Gasteiger partial charge in [-0.3, -0.25) is 4.79 Å². The van der Waals surface area contributed by atoms with Crippen LogP contribution in [0.1, 0.15) is 18.1 Å². The maximum Gasteiger partial charge on any atom is 0.255 e. The molecule has 3 rings (SSSR count). The molecule has 10 heteroatoms. The molecule has 0 heterocycles. The van der Waals surface area contributed by atoms with E-state index in [-0.39, 0.29) is 17.2 Å². The van der Waals surface area contributed by atoms with Gasteiger partial charge >= 0.3 is 0 Å². The molecule has 184 valence electrons. The van der Waals surface area contributed by atoms with E-state index in [1.54, 1.807) is 19.1 Å². The summed E-state index contributed by atoms with van der Waals surface area (Å²) in [4.78, 5) is 12.6. The Morgan fingerprint density at radius 2 is 1.83 bits per heavy atom. The summed E-state index contributed by atoms with van der Waals surface area (Å²) in [6.07, 6.45) is 1.81. The van der Waals surface area contributed by atoms with Gasteiger partial charge in [-0.15, -0.1) is 0 Å². The molecule has 0 atom stereocenters. The van der Waals surface area contributed by atoms with Gasteiger partial charge in [0.15, 0.2) is 11.5 Å². The fourth-order valence-corrected chi connectivity index (χ4v) is 4.72. The van der Waals surface area contributed by atoms with Gasteiger partial charge in [0.1, 0.15) is 0 Å². The van der Waals surface area contributed by atoms with E-state index in [9.17, 15) is 18.3 Å². The first-order chi connectivity index (χ1) is 16.8. The van der Waals surface area contributed by atoms with Gasteiger partial charge in [-0.2, -0.15) is 9.41 Å². The lowest BCUT2D eigenvalue weighted by Gasteiger charge is -2.21. The van der Waals surface area contributed by atoms with Crippen LogP contribution in [0.3, 0.4) is 0 Å². The molecule has 0 aliphatic heterocycles. The predicted molar refractivity (Wildman–Crippen MR) is 135 cm³/mol. The van der Waals surface area contributed by atoms with Gasteiger partial charge in [-0.05, 0) is 66.9 Å². The van der Waals surface area contributed by atoms with Gasteiger partial charge in [0.05, 0.1) is 24.3 Å². The Bertz CT molecular complexity index is 1270. The minimum absolute atomic E-state index is 0.00509. The third kappa shape index (κ3) is 7.54. The monoisotopic (exact) mass is 515 g/mol. The minimum Gasteiger partial charge on any atom is -0.504 e. The number of ether oxygens (including phenoxy) is 1. The molecule has 0 saturated carbocycles. The highest BCUT2D eigenvalue weighted by molar-refractivity contribution is 7.89. The van der Waals surface area contributed by atoms with Crippen LogP contribution in [-0.2, 0) is 21.2 Å². The normalized spacial score (nSPS) is 11.6. The molecule has 2 N–H and O–H groups in total. The zero-order valence-corrected chi connectivity index (χ0v) is 20.7. The fourth-order valence-electron chi connectivity index (χ4n) is 3.19. The molecule has 0 unspecified atom stereocenters. The molecule has 0 aliphatic rings. The van der Waals surface area contributed by atoms with E-state index in [1.165, 1.54) is 36.5 Å². The van der Waals surface area contributed by atoms with Gasteiger partial charge in [0.2, 0.25) is 10.0 Å². The Hall–Kier alpha value is -3.40. The highest BCUT2D eigenvalue weighted by Crippen LogP contribution is 2.26. The summed E-state index contributed by atoms with van der Waals surface area (Å²) in [7, 11) is -3.96. The van der Waals surface area contributed by atoms with Crippen LogP contribution in [0.2, 0.25) is 5.02 Å². The molecular weight excluding hydrogens is 490 g/mol. The van der Waals surface area contributed by atoms with Gasteiger partial charge in [-0.1, -0.05) is 41.9 Å². The second-order valence-electron chi connectivity index (χ2n) is 7.48. The molecule has 0 aliphatic carbocycles. The van der Waals surface area contributed by atoms with Crippen molar-refractivity contribution in [1.82, 2.24) is 9.73 Å². The summed E-state index contributed by atoms with van der Waals surface area (Å²) in [5.74, 6) is -0.311. The number of amides is 1. The number of nitrogens with zero attached hydrogens (tertiary/aromatic N) is 2. The number of carbonyl (C=O) groups is 1. The topological polar surface area (TPSA) is 108 Å². The second-order valence-corrected chi connectivity index (χ2v) is 9.86. The largest absolute Gasteiger partial charge is 0.504 e. The Balaban J connectivity index is 1.72. The molecule has 1 amide bonds. The van der Waals surface area contributed by atoms with Crippen LogP contribution in [0.25, 0.3) is 0 Å². The van der Waals surface area contributed by atoms with Crippen LogP contribution in [0.4, 0.5) is 0 Å². The summed E-state index contributed by atoms with van der Waals surface area (Å²) >= 11 is 5.90. The maximum atomic E-state index is 13.3. The van der Waals surface area contributed by atoms with Gasteiger partial charge in [-0.25, -0.2) is 13.8 Å². The second kappa shape index (κ2) is 12.3. The van der Waals surface area contributed by atoms with Crippen molar-refractivity contribution in [3.8, 4) is 11.5 Å². The lowest BCUT2D eigenvalue weighted by molar-refractivity contribution is -0.121. The summed E-state index contributed by atoms with van der Waals surface area (Å²) in [5.41, 5.74) is 3.89. The highest BCUT2D eigenvalue weighted by atomic mass is 35.5. The number of halogens is 1. The molecule has 8 nitrogen and oxygen atoms in total. The number of hydrazone groups is 1. The summed E-state index contributed by atoms with van der Waals surface area (Å²) in [6.45, 7) is 1.85. The molecule has 0 saturated heterocycles. The van der Waals surface area contributed by atoms with Crippen LogP contribution in [0.15, 0.2) is 82.8 Å². The Labute approximate surface area is 209 Å². The number of aromatic hydroxyl groups is 1. The molecule has 35 heavy (non-hydrogen) atoms. The Kier molecular flexibility index (Phi) is 9.25. The first-order valence-corrected chi connectivity index (χ1v) is 12.7. The molecule has 0 fully saturated rings. The van der Waals surface area contributed by atoms with Crippen LogP contribution in [0.5, 0.6) is 11.5 Å². The third-order valence-corrected chi connectivity index (χ3v) is 7.06. The zero-order valence-electron chi connectivity index (χ0n) is 19.1. The minimum atomic E-state index is -3.96. The highest BCUT2D eigenvalue weighted by Gasteiger charge is 2.26. The SMILES string of the molecule is CCOc1cc(C=NNC(=O)CN(CCc2ccccc2)S(=O)(=O)c2ccc(Cl)cc2)ccc1O. The fraction of sp³-hybridized carbons (Fsp3) is 0.200. The first-order valence-electron chi connectivity index (χ1n) is 10.9.